The highest BCUT2D eigenvalue weighted by atomic mass is 35.5. The van der Waals surface area contributed by atoms with Gasteiger partial charge in [0.2, 0.25) is 11.8 Å². The number of aromatic nitrogens is 1. The molecule has 5 rings (SSSR count). The highest BCUT2D eigenvalue weighted by Crippen LogP contribution is 2.45. The van der Waals surface area contributed by atoms with Crippen LogP contribution in [0.5, 0.6) is 5.88 Å². The smallest absolute Gasteiger partial charge is 0.326 e. The third-order valence-electron chi connectivity index (χ3n) is 7.49. The highest BCUT2D eigenvalue weighted by Gasteiger charge is 2.45. The van der Waals surface area contributed by atoms with Gasteiger partial charge in [0.1, 0.15) is 11.9 Å². The fourth-order valence-corrected chi connectivity index (χ4v) is 5.50. The molecule has 1 saturated heterocycles. The molecule has 0 N–H and O–H groups in total. The van der Waals surface area contributed by atoms with Crippen molar-refractivity contribution >= 4 is 41.0 Å². The summed E-state index contributed by atoms with van der Waals surface area (Å²) in [6.07, 6.45) is 1.66. The summed E-state index contributed by atoms with van der Waals surface area (Å²) < 4.78 is 5.89. The van der Waals surface area contributed by atoms with Gasteiger partial charge < -0.3 is 14.5 Å². The second-order valence-corrected chi connectivity index (χ2v) is 11.3. The minimum Gasteiger partial charge on any atom is -0.477 e. The second kappa shape index (κ2) is 13.1. The van der Waals surface area contributed by atoms with Crippen molar-refractivity contribution in [2.75, 3.05) is 53.4 Å². The van der Waals surface area contributed by atoms with Gasteiger partial charge in [-0.2, -0.15) is 0 Å². The third-order valence-corrected chi connectivity index (χ3v) is 7.99. The number of ether oxygens (including phenoxy) is 1. The number of likely N-dealkylation sites (N-methyl/N-ethyl adjacent to an activating group) is 1. The number of carbonyl (C=O) groups is 2. The SMILES string of the molecule is CCOc1ncccc1C1=NC(c2ccc(Cl)cc2)C(c2ccc(Cl)cc2)N1C(=O)N1CCN(CC(=O)N(C)C)CC1. The van der Waals surface area contributed by atoms with Crippen LogP contribution in [0.25, 0.3) is 0 Å². The number of nitrogens with zero attached hydrogens (tertiary/aromatic N) is 6. The molecule has 3 amide bonds. The van der Waals surface area contributed by atoms with Crippen molar-refractivity contribution in [2.45, 2.75) is 19.0 Å². The molecular formula is C31H34Cl2N6O3. The largest absolute Gasteiger partial charge is 0.477 e. The predicted molar refractivity (Wildman–Crippen MR) is 164 cm³/mol. The Kier molecular flexibility index (Phi) is 9.30. The van der Waals surface area contributed by atoms with Crippen LogP contribution >= 0.6 is 23.2 Å². The lowest BCUT2D eigenvalue weighted by Crippen LogP contribution is -2.55. The number of rotatable bonds is 7. The standard InChI is InChI=1S/C31H34Cl2N6O3/c1-4-42-30-25(6-5-15-34-30)29-35-27(21-7-11-23(32)12-8-21)28(22-9-13-24(33)14-10-22)39(29)31(41)38-18-16-37(17-19-38)20-26(40)36(2)3/h5-15,27-28H,4,16-20H2,1-3H3. The van der Waals surface area contributed by atoms with Gasteiger partial charge in [0.25, 0.3) is 0 Å². The number of halogens is 2. The van der Waals surface area contributed by atoms with Gasteiger partial charge in [-0.25, -0.2) is 9.78 Å². The van der Waals surface area contributed by atoms with Crippen molar-refractivity contribution in [3.63, 3.8) is 0 Å². The Hall–Kier alpha value is -3.66. The first-order valence-electron chi connectivity index (χ1n) is 13.9. The van der Waals surface area contributed by atoms with E-state index in [-0.39, 0.29) is 11.9 Å². The topological polar surface area (TPSA) is 81.6 Å². The van der Waals surface area contributed by atoms with Crippen LogP contribution in [0, 0.1) is 0 Å². The van der Waals surface area contributed by atoms with Crippen LogP contribution < -0.4 is 4.74 Å². The van der Waals surface area contributed by atoms with E-state index >= 15 is 0 Å². The van der Waals surface area contributed by atoms with Crippen molar-refractivity contribution in [1.29, 1.82) is 0 Å². The second-order valence-electron chi connectivity index (χ2n) is 10.4. The van der Waals surface area contributed by atoms with Gasteiger partial charge in [-0.3, -0.25) is 19.6 Å². The summed E-state index contributed by atoms with van der Waals surface area (Å²) in [4.78, 5) is 43.7. The molecule has 3 heterocycles. The van der Waals surface area contributed by atoms with Gasteiger partial charge in [0.15, 0.2) is 0 Å². The summed E-state index contributed by atoms with van der Waals surface area (Å²) in [5.41, 5.74) is 2.45. The average molecular weight is 610 g/mol. The Morgan fingerprint density at radius 1 is 0.929 bits per heavy atom. The van der Waals surface area contributed by atoms with Gasteiger partial charge in [0, 0.05) is 56.5 Å². The zero-order chi connectivity index (χ0) is 29.8. The maximum absolute atomic E-state index is 14.5. The molecule has 42 heavy (non-hydrogen) atoms. The number of benzene rings is 2. The molecular weight excluding hydrogens is 575 g/mol. The van der Waals surface area contributed by atoms with E-state index in [0.29, 0.717) is 66.7 Å². The van der Waals surface area contributed by atoms with Gasteiger partial charge in [0.05, 0.1) is 24.8 Å². The van der Waals surface area contributed by atoms with Gasteiger partial charge in [-0.15, -0.1) is 0 Å². The summed E-state index contributed by atoms with van der Waals surface area (Å²) in [6, 6.07) is 17.7. The van der Waals surface area contributed by atoms with Gasteiger partial charge >= 0.3 is 6.03 Å². The fraction of sp³-hybridized carbons (Fsp3) is 0.355. The van der Waals surface area contributed by atoms with Crippen molar-refractivity contribution in [1.82, 2.24) is 24.6 Å². The van der Waals surface area contributed by atoms with E-state index in [4.69, 9.17) is 32.9 Å². The number of pyridine rings is 1. The van der Waals surface area contributed by atoms with E-state index in [1.165, 1.54) is 0 Å². The number of hydrogen-bond donors (Lipinski definition) is 0. The first-order valence-corrected chi connectivity index (χ1v) is 14.7. The van der Waals surface area contributed by atoms with Gasteiger partial charge in [-0.05, 0) is 54.4 Å². The lowest BCUT2D eigenvalue weighted by molar-refractivity contribution is -0.130. The first kappa shape index (κ1) is 29.8. The van der Waals surface area contributed by atoms with Crippen LogP contribution in [-0.2, 0) is 4.79 Å². The highest BCUT2D eigenvalue weighted by molar-refractivity contribution is 6.30. The maximum atomic E-state index is 14.5. The van der Waals surface area contributed by atoms with Crippen LogP contribution in [0.1, 0.15) is 35.7 Å². The Morgan fingerprint density at radius 3 is 2.14 bits per heavy atom. The summed E-state index contributed by atoms with van der Waals surface area (Å²) >= 11 is 12.5. The molecule has 2 aromatic carbocycles. The Labute approximate surface area is 256 Å². The summed E-state index contributed by atoms with van der Waals surface area (Å²) in [5.74, 6) is 0.939. The average Bonchev–Trinajstić information content (AvgIpc) is 3.38. The molecule has 2 unspecified atom stereocenters. The molecule has 3 aromatic rings. The summed E-state index contributed by atoms with van der Waals surface area (Å²) in [7, 11) is 3.50. The Balaban J connectivity index is 1.56. The fourth-order valence-electron chi connectivity index (χ4n) is 5.25. The molecule has 11 heteroatoms. The third kappa shape index (κ3) is 6.38. The predicted octanol–water partition coefficient (Wildman–Crippen LogP) is 5.16. The zero-order valence-electron chi connectivity index (χ0n) is 23.9. The molecule has 0 radical (unpaired) electrons. The van der Waals surface area contributed by atoms with Crippen molar-refractivity contribution < 1.29 is 14.3 Å². The number of aliphatic imine (C=N–C) groups is 1. The van der Waals surface area contributed by atoms with E-state index in [1.807, 2.05) is 72.5 Å². The zero-order valence-corrected chi connectivity index (χ0v) is 25.4. The van der Waals surface area contributed by atoms with Crippen LogP contribution in [-0.4, -0.2) is 95.8 Å². The maximum Gasteiger partial charge on any atom is 0.326 e. The van der Waals surface area contributed by atoms with E-state index in [0.717, 1.165) is 11.1 Å². The number of urea groups is 1. The molecule has 9 nitrogen and oxygen atoms in total. The molecule has 0 saturated carbocycles. The molecule has 0 bridgehead atoms. The van der Waals surface area contributed by atoms with Gasteiger partial charge in [-0.1, -0.05) is 47.5 Å². The lowest BCUT2D eigenvalue weighted by Gasteiger charge is -2.39. The number of amides is 3. The molecule has 0 spiro atoms. The molecule has 1 fully saturated rings. The first-order chi connectivity index (χ1) is 20.3. The van der Waals surface area contributed by atoms with E-state index in [9.17, 15) is 9.59 Å². The molecule has 0 aliphatic carbocycles. The van der Waals surface area contributed by atoms with E-state index < -0.39 is 12.1 Å². The molecule has 1 aromatic heterocycles. The minimum atomic E-state index is -0.464. The lowest BCUT2D eigenvalue weighted by atomic mass is 9.93. The van der Waals surface area contributed by atoms with Crippen LogP contribution in [0.3, 0.4) is 0 Å². The van der Waals surface area contributed by atoms with Crippen LogP contribution in [0.15, 0.2) is 71.9 Å². The number of carbonyl (C=O) groups excluding carboxylic acids is 2. The quantitative estimate of drug-likeness (QED) is 0.370. The molecule has 2 atom stereocenters. The monoisotopic (exact) mass is 608 g/mol. The van der Waals surface area contributed by atoms with Crippen molar-refractivity contribution in [3.8, 4) is 5.88 Å². The molecule has 220 valence electrons. The summed E-state index contributed by atoms with van der Waals surface area (Å²) in [6.45, 7) is 4.78. The van der Waals surface area contributed by atoms with E-state index in [1.54, 1.807) is 30.1 Å². The molecule has 2 aliphatic heterocycles. The van der Waals surface area contributed by atoms with E-state index in [2.05, 4.69) is 9.88 Å². The van der Waals surface area contributed by atoms with Crippen molar-refractivity contribution in [2.24, 2.45) is 4.99 Å². The van der Waals surface area contributed by atoms with Crippen LogP contribution in [0.4, 0.5) is 4.79 Å². The normalized spacial score (nSPS) is 19.0. The summed E-state index contributed by atoms with van der Waals surface area (Å²) in [5, 5.41) is 1.22. The Morgan fingerprint density at radius 2 is 1.55 bits per heavy atom. The molecule has 2 aliphatic rings. The Bertz CT molecular complexity index is 1440. The number of piperazine rings is 1. The number of hydrogen-bond acceptors (Lipinski definition) is 6. The van der Waals surface area contributed by atoms with Crippen molar-refractivity contribution in [3.05, 3.63) is 93.6 Å². The number of amidine groups is 1. The minimum absolute atomic E-state index is 0.0392. The van der Waals surface area contributed by atoms with Crippen LogP contribution in [0.2, 0.25) is 10.0 Å².